The third-order valence-corrected chi connectivity index (χ3v) is 5.86. The van der Waals surface area contributed by atoms with Crippen molar-refractivity contribution in [2.24, 2.45) is 5.92 Å². The Morgan fingerprint density at radius 1 is 1.10 bits per heavy atom. The smallest absolute Gasteiger partial charge is 0.260 e. The molecule has 0 N–H and O–H groups in total. The molecule has 4 rings (SSSR count). The molecule has 0 unspecified atom stereocenters. The number of ether oxygens (including phenoxy) is 2. The highest BCUT2D eigenvalue weighted by Crippen LogP contribution is 2.33. The van der Waals surface area contributed by atoms with E-state index in [2.05, 4.69) is 53.8 Å². The largest absolute Gasteiger partial charge is 0.484 e. The lowest BCUT2D eigenvalue weighted by atomic mass is 9.96. The lowest BCUT2D eigenvalue weighted by Crippen LogP contribution is -2.42. The number of benzene rings is 1. The Hall–Kier alpha value is -2.31. The van der Waals surface area contributed by atoms with Crippen LogP contribution in [0.3, 0.4) is 0 Å². The number of hydrogen-bond acceptors (Lipinski definition) is 4. The molecule has 0 saturated carbocycles. The predicted molar refractivity (Wildman–Crippen MR) is 112 cm³/mol. The number of rotatable bonds is 6. The Bertz CT molecular complexity index is 809. The van der Waals surface area contributed by atoms with Crippen LogP contribution in [-0.4, -0.2) is 59.7 Å². The molecule has 2 aliphatic rings. The molecule has 6 nitrogen and oxygen atoms in total. The van der Waals surface area contributed by atoms with E-state index in [1.807, 2.05) is 12.1 Å². The topological polar surface area (TPSA) is 46.9 Å². The van der Waals surface area contributed by atoms with E-state index in [1.165, 1.54) is 11.3 Å². The van der Waals surface area contributed by atoms with E-state index in [0.717, 1.165) is 25.4 Å². The summed E-state index contributed by atoms with van der Waals surface area (Å²) in [5.74, 6) is 1.31. The number of nitrogens with zero attached hydrogens (tertiary/aromatic N) is 3. The lowest BCUT2D eigenvalue weighted by molar-refractivity contribution is -0.137. The van der Waals surface area contributed by atoms with Crippen molar-refractivity contribution in [1.82, 2.24) is 14.4 Å². The van der Waals surface area contributed by atoms with Gasteiger partial charge in [-0.05, 0) is 35.7 Å². The number of fused-ring (bicyclic) bond motifs is 1. The fourth-order valence-corrected chi connectivity index (χ4v) is 4.38. The molecule has 0 spiro atoms. The second kappa shape index (κ2) is 9.01. The summed E-state index contributed by atoms with van der Waals surface area (Å²) in [7, 11) is 0. The van der Waals surface area contributed by atoms with Crippen LogP contribution >= 0.6 is 0 Å². The van der Waals surface area contributed by atoms with Crippen molar-refractivity contribution in [3.05, 3.63) is 53.9 Å². The van der Waals surface area contributed by atoms with E-state index < -0.39 is 0 Å². The number of carbonyl (C=O) groups excluding carboxylic acids is 1. The van der Waals surface area contributed by atoms with E-state index >= 15 is 0 Å². The normalized spacial score (nSPS) is 20.0. The molecule has 0 radical (unpaired) electrons. The van der Waals surface area contributed by atoms with Gasteiger partial charge in [0.05, 0.1) is 19.3 Å². The second-order valence-corrected chi connectivity index (χ2v) is 8.21. The van der Waals surface area contributed by atoms with Crippen LogP contribution in [0.1, 0.15) is 31.1 Å². The number of amides is 1. The summed E-state index contributed by atoms with van der Waals surface area (Å²) < 4.78 is 13.4. The van der Waals surface area contributed by atoms with Gasteiger partial charge in [0.1, 0.15) is 5.75 Å². The average Bonchev–Trinajstić information content (AvgIpc) is 3.22. The molecule has 0 aliphatic carbocycles. The molecule has 1 saturated heterocycles. The highest BCUT2D eigenvalue weighted by atomic mass is 16.5. The van der Waals surface area contributed by atoms with Gasteiger partial charge in [-0.3, -0.25) is 9.69 Å². The summed E-state index contributed by atoms with van der Waals surface area (Å²) in [5.41, 5.74) is 2.68. The maximum atomic E-state index is 12.2. The highest BCUT2D eigenvalue weighted by Gasteiger charge is 2.29. The van der Waals surface area contributed by atoms with Crippen LogP contribution in [0, 0.1) is 5.92 Å². The first-order valence-electron chi connectivity index (χ1n) is 10.6. The zero-order valence-corrected chi connectivity index (χ0v) is 17.4. The number of aromatic nitrogens is 1. The molecule has 0 bridgehead atoms. The van der Waals surface area contributed by atoms with Crippen LogP contribution < -0.4 is 4.74 Å². The molecule has 1 aromatic carbocycles. The minimum atomic E-state index is 0.0217. The SMILES string of the molecule is CC(C)[C@@H]1c2cccn2CCN1Cc1ccc(OCC(=O)N2CCOCC2)cc1. The summed E-state index contributed by atoms with van der Waals surface area (Å²) in [6.07, 6.45) is 2.19. The van der Waals surface area contributed by atoms with Crippen LogP contribution in [0.15, 0.2) is 42.6 Å². The van der Waals surface area contributed by atoms with Crippen LogP contribution in [0.5, 0.6) is 5.75 Å². The standard InChI is InChI=1S/C23H31N3O3/c1-18(2)23-21-4-3-9-24(21)10-11-26(23)16-19-5-7-20(8-6-19)29-17-22(27)25-12-14-28-15-13-25/h3-9,18,23H,10-17H2,1-2H3/t23-/m1/s1. The molecule has 3 heterocycles. The van der Waals surface area contributed by atoms with Crippen molar-refractivity contribution in [2.75, 3.05) is 39.5 Å². The van der Waals surface area contributed by atoms with Gasteiger partial charge in [0, 0.05) is 44.6 Å². The van der Waals surface area contributed by atoms with Crippen molar-refractivity contribution in [3.63, 3.8) is 0 Å². The first kappa shape index (κ1) is 20.0. The molecule has 1 amide bonds. The van der Waals surface area contributed by atoms with Gasteiger partial charge in [-0.15, -0.1) is 0 Å². The van der Waals surface area contributed by atoms with Gasteiger partial charge >= 0.3 is 0 Å². The van der Waals surface area contributed by atoms with E-state index in [0.29, 0.717) is 38.3 Å². The maximum absolute atomic E-state index is 12.2. The molecule has 6 heteroatoms. The van der Waals surface area contributed by atoms with Crippen LogP contribution in [0.4, 0.5) is 0 Å². The van der Waals surface area contributed by atoms with Gasteiger partial charge in [0.15, 0.2) is 6.61 Å². The minimum absolute atomic E-state index is 0.0217. The molecule has 156 valence electrons. The Morgan fingerprint density at radius 2 is 1.86 bits per heavy atom. The van der Waals surface area contributed by atoms with Crippen molar-refractivity contribution < 1.29 is 14.3 Å². The molecular weight excluding hydrogens is 366 g/mol. The molecular formula is C23H31N3O3. The monoisotopic (exact) mass is 397 g/mol. The average molecular weight is 398 g/mol. The number of hydrogen-bond donors (Lipinski definition) is 0. The van der Waals surface area contributed by atoms with Gasteiger partial charge in [0.25, 0.3) is 5.91 Å². The first-order chi connectivity index (χ1) is 14.1. The van der Waals surface area contributed by atoms with Crippen LogP contribution in [0.2, 0.25) is 0 Å². The second-order valence-electron chi connectivity index (χ2n) is 8.21. The quantitative estimate of drug-likeness (QED) is 0.752. The summed E-state index contributed by atoms with van der Waals surface area (Å²) in [5, 5.41) is 0. The predicted octanol–water partition coefficient (Wildman–Crippen LogP) is 2.94. The molecule has 2 aliphatic heterocycles. The van der Waals surface area contributed by atoms with Crippen molar-refractivity contribution in [1.29, 1.82) is 0 Å². The van der Waals surface area contributed by atoms with Crippen molar-refractivity contribution >= 4 is 5.91 Å². The summed E-state index contributed by atoms with van der Waals surface area (Å²) in [6.45, 7) is 10.2. The first-order valence-corrected chi connectivity index (χ1v) is 10.6. The van der Waals surface area contributed by atoms with E-state index in [9.17, 15) is 4.79 Å². The summed E-state index contributed by atoms with van der Waals surface area (Å²) >= 11 is 0. The van der Waals surface area contributed by atoms with Crippen LogP contribution in [0.25, 0.3) is 0 Å². The third kappa shape index (κ3) is 4.65. The molecule has 1 atom stereocenters. The third-order valence-electron chi connectivity index (χ3n) is 5.86. The summed E-state index contributed by atoms with van der Waals surface area (Å²) in [6, 6.07) is 13.0. The van der Waals surface area contributed by atoms with Crippen LogP contribution in [-0.2, 0) is 22.6 Å². The molecule has 2 aromatic rings. The Balaban J connectivity index is 1.34. The van der Waals surface area contributed by atoms with Crippen molar-refractivity contribution in [3.8, 4) is 5.75 Å². The van der Waals surface area contributed by atoms with E-state index in [-0.39, 0.29) is 12.5 Å². The van der Waals surface area contributed by atoms with Gasteiger partial charge < -0.3 is 18.9 Å². The number of morpholine rings is 1. The lowest BCUT2D eigenvalue weighted by Gasteiger charge is -2.39. The maximum Gasteiger partial charge on any atom is 0.260 e. The minimum Gasteiger partial charge on any atom is -0.484 e. The molecule has 29 heavy (non-hydrogen) atoms. The van der Waals surface area contributed by atoms with E-state index in [4.69, 9.17) is 9.47 Å². The Morgan fingerprint density at radius 3 is 2.59 bits per heavy atom. The number of carbonyl (C=O) groups is 1. The van der Waals surface area contributed by atoms with Gasteiger partial charge in [-0.2, -0.15) is 0 Å². The fraction of sp³-hybridized carbons (Fsp3) is 0.522. The zero-order valence-electron chi connectivity index (χ0n) is 17.4. The van der Waals surface area contributed by atoms with Crippen molar-refractivity contribution in [2.45, 2.75) is 33.0 Å². The van der Waals surface area contributed by atoms with E-state index in [1.54, 1.807) is 4.90 Å². The fourth-order valence-electron chi connectivity index (χ4n) is 4.38. The molecule has 1 aromatic heterocycles. The Kier molecular flexibility index (Phi) is 6.21. The Labute approximate surface area is 173 Å². The molecule has 1 fully saturated rings. The van der Waals surface area contributed by atoms with Gasteiger partial charge in [-0.25, -0.2) is 0 Å². The van der Waals surface area contributed by atoms with Gasteiger partial charge in [-0.1, -0.05) is 26.0 Å². The highest BCUT2D eigenvalue weighted by molar-refractivity contribution is 5.77. The van der Waals surface area contributed by atoms with Gasteiger partial charge in [0.2, 0.25) is 0 Å². The summed E-state index contributed by atoms with van der Waals surface area (Å²) in [4.78, 5) is 16.6. The zero-order chi connectivity index (χ0) is 20.2.